The first-order valence-corrected chi connectivity index (χ1v) is 12.2. The third-order valence-corrected chi connectivity index (χ3v) is 6.88. The Balaban J connectivity index is 1.97. The van der Waals surface area contributed by atoms with E-state index < -0.39 is 0 Å². The Labute approximate surface area is 219 Å². The van der Waals surface area contributed by atoms with Crippen LogP contribution < -0.4 is 23.7 Å². The third-order valence-electron chi connectivity index (χ3n) is 6.88. The number of esters is 1. The number of carbonyl (C=O) groups is 1. The Morgan fingerprint density at radius 2 is 1.51 bits per heavy atom. The normalized spacial score (nSPS) is 19.4. The van der Waals surface area contributed by atoms with Gasteiger partial charge in [-0.15, -0.1) is 0 Å². The lowest BCUT2D eigenvalue weighted by molar-refractivity contribution is -0.141. The van der Waals surface area contributed by atoms with Crippen LogP contribution in [0.15, 0.2) is 35.9 Å². The lowest BCUT2D eigenvalue weighted by Gasteiger charge is -2.25. The summed E-state index contributed by atoms with van der Waals surface area (Å²) in [5.41, 5.74) is 3.51. The molecule has 2 aromatic carbocycles. The van der Waals surface area contributed by atoms with Gasteiger partial charge in [0.1, 0.15) is 0 Å². The van der Waals surface area contributed by atoms with Gasteiger partial charge in [-0.2, -0.15) is 0 Å². The molecule has 1 aliphatic heterocycles. The fourth-order valence-corrected chi connectivity index (χ4v) is 4.82. The minimum absolute atomic E-state index is 0.0836. The highest BCUT2D eigenvalue weighted by Crippen LogP contribution is 2.46. The molecule has 0 spiro atoms. The van der Waals surface area contributed by atoms with Gasteiger partial charge in [0.05, 0.1) is 54.9 Å². The first-order chi connectivity index (χ1) is 17.8. The first-order valence-electron chi connectivity index (χ1n) is 12.2. The number of rotatable bonds is 11. The topological polar surface area (TPSA) is 81.7 Å². The molecule has 8 heteroatoms. The number of carbonyl (C=O) groups excluding carboxylic acids is 1. The van der Waals surface area contributed by atoms with E-state index in [2.05, 4.69) is 6.07 Å². The number of allylic oxidation sites excluding steroid dienone is 1. The summed E-state index contributed by atoms with van der Waals surface area (Å²) in [6.45, 7) is 6.26. The van der Waals surface area contributed by atoms with Gasteiger partial charge in [-0.1, -0.05) is 12.1 Å². The van der Waals surface area contributed by atoms with Gasteiger partial charge in [-0.25, -0.2) is 4.79 Å². The Morgan fingerprint density at radius 3 is 2.05 bits per heavy atom. The molecule has 37 heavy (non-hydrogen) atoms. The van der Waals surface area contributed by atoms with E-state index in [4.69, 9.17) is 33.2 Å². The molecule has 0 amide bonds. The zero-order chi connectivity index (χ0) is 27.1. The zero-order valence-electron chi connectivity index (χ0n) is 23.0. The molecule has 3 rings (SSSR count). The minimum atomic E-state index is -0.335. The van der Waals surface area contributed by atoms with Gasteiger partial charge in [-0.05, 0) is 68.0 Å². The summed E-state index contributed by atoms with van der Waals surface area (Å²) in [5, 5.41) is 0. The Hall–Kier alpha value is -3.39. The Kier molecular flexibility index (Phi) is 9.69. The van der Waals surface area contributed by atoms with Crippen molar-refractivity contribution in [3.8, 4) is 28.7 Å². The van der Waals surface area contributed by atoms with Gasteiger partial charge in [-0.3, -0.25) is 0 Å². The number of aryl methyl sites for hydroxylation is 1. The number of methoxy groups -OCH3 is 5. The fraction of sp³-hybridized carbons (Fsp3) is 0.483. The number of ether oxygens (including phenoxy) is 7. The van der Waals surface area contributed by atoms with Crippen molar-refractivity contribution in [1.29, 1.82) is 0 Å². The van der Waals surface area contributed by atoms with Crippen molar-refractivity contribution in [3.63, 3.8) is 0 Å². The van der Waals surface area contributed by atoms with Gasteiger partial charge >= 0.3 is 5.97 Å². The van der Waals surface area contributed by atoms with Crippen molar-refractivity contribution < 1.29 is 38.0 Å². The molecule has 0 radical (unpaired) electrons. The average molecular weight is 515 g/mol. The van der Waals surface area contributed by atoms with Crippen molar-refractivity contribution >= 4 is 5.97 Å². The van der Waals surface area contributed by atoms with Crippen molar-refractivity contribution in [3.05, 3.63) is 52.6 Å². The van der Waals surface area contributed by atoms with Crippen LogP contribution in [0.4, 0.5) is 0 Å². The highest BCUT2D eigenvalue weighted by Gasteiger charge is 2.40. The molecule has 0 aliphatic carbocycles. The van der Waals surface area contributed by atoms with Crippen LogP contribution in [0.5, 0.6) is 28.7 Å². The van der Waals surface area contributed by atoms with E-state index >= 15 is 0 Å². The molecule has 0 bridgehead atoms. The minimum Gasteiger partial charge on any atom is -0.493 e. The second-order valence-corrected chi connectivity index (χ2v) is 9.06. The van der Waals surface area contributed by atoms with Crippen molar-refractivity contribution in [2.45, 2.75) is 33.3 Å². The van der Waals surface area contributed by atoms with Crippen LogP contribution in [0.2, 0.25) is 0 Å². The maximum Gasteiger partial charge on any atom is 0.333 e. The summed E-state index contributed by atoms with van der Waals surface area (Å²) in [6, 6.07) is 7.87. The lowest BCUT2D eigenvalue weighted by atomic mass is 9.83. The van der Waals surface area contributed by atoms with E-state index in [0.717, 1.165) is 22.4 Å². The maximum absolute atomic E-state index is 12.5. The molecule has 1 aliphatic rings. The smallest absolute Gasteiger partial charge is 0.333 e. The fourth-order valence-electron chi connectivity index (χ4n) is 4.82. The summed E-state index contributed by atoms with van der Waals surface area (Å²) in [5.74, 6) is 2.64. The van der Waals surface area contributed by atoms with Crippen LogP contribution in [-0.4, -0.2) is 54.7 Å². The average Bonchev–Trinajstić information content (AvgIpc) is 3.31. The standard InChI is InChI=1S/C29H38O8/c1-9-17(2)29(30)37-16-22-21(11-19-10-18(3)26(34-7)23(12-19)31-4)15-36-27(22)20-13-24(32-5)28(35-8)25(14-20)33-6/h9-10,12-14,21-22,27H,11,15-16H2,1-8H3/b17-9-/t21-,22-,27+/m0/s1. The van der Waals surface area contributed by atoms with Crippen molar-refractivity contribution in [1.82, 2.24) is 0 Å². The summed E-state index contributed by atoms with van der Waals surface area (Å²) in [4.78, 5) is 12.5. The molecule has 0 N–H and O–H groups in total. The molecular formula is C29H38O8. The van der Waals surface area contributed by atoms with Crippen LogP contribution >= 0.6 is 0 Å². The molecule has 0 saturated carbocycles. The molecule has 3 atom stereocenters. The van der Waals surface area contributed by atoms with E-state index in [-0.39, 0.29) is 30.5 Å². The van der Waals surface area contributed by atoms with Gasteiger partial charge in [0.25, 0.3) is 0 Å². The van der Waals surface area contributed by atoms with Crippen LogP contribution in [-0.2, 0) is 20.7 Å². The van der Waals surface area contributed by atoms with Gasteiger partial charge < -0.3 is 33.2 Å². The molecule has 8 nitrogen and oxygen atoms in total. The summed E-state index contributed by atoms with van der Waals surface area (Å²) >= 11 is 0. The molecule has 1 saturated heterocycles. The van der Waals surface area contributed by atoms with Crippen LogP contribution in [0.1, 0.15) is 36.6 Å². The van der Waals surface area contributed by atoms with Crippen molar-refractivity contribution in [2.75, 3.05) is 48.8 Å². The highest BCUT2D eigenvalue weighted by atomic mass is 16.5. The largest absolute Gasteiger partial charge is 0.493 e. The number of hydrogen-bond donors (Lipinski definition) is 0. The van der Waals surface area contributed by atoms with E-state index in [0.29, 0.717) is 41.6 Å². The second kappa shape index (κ2) is 12.7. The number of hydrogen-bond acceptors (Lipinski definition) is 8. The first kappa shape index (κ1) is 28.2. The van der Waals surface area contributed by atoms with E-state index in [1.165, 1.54) is 0 Å². The van der Waals surface area contributed by atoms with Gasteiger partial charge in [0.2, 0.25) is 5.75 Å². The Bertz CT molecular complexity index is 1100. The molecule has 1 fully saturated rings. The Morgan fingerprint density at radius 1 is 0.919 bits per heavy atom. The van der Waals surface area contributed by atoms with Gasteiger partial charge in [0.15, 0.2) is 23.0 Å². The molecule has 2 aromatic rings. The maximum atomic E-state index is 12.5. The van der Waals surface area contributed by atoms with E-state index in [1.54, 1.807) is 48.5 Å². The SMILES string of the molecule is C/C=C(/C)C(=O)OC[C@H]1[C@@H](Cc2cc(C)c(OC)c(OC)c2)CO[C@@H]1c1cc(OC)c(OC)c(OC)c1. The molecule has 1 heterocycles. The second-order valence-electron chi connectivity index (χ2n) is 9.06. The molecular weight excluding hydrogens is 476 g/mol. The summed E-state index contributed by atoms with van der Waals surface area (Å²) in [6.07, 6.45) is 2.12. The van der Waals surface area contributed by atoms with Gasteiger partial charge in [0, 0.05) is 11.5 Å². The monoisotopic (exact) mass is 514 g/mol. The molecule has 0 unspecified atom stereocenters. The van der Waals surface area contributed by atoms with Crippen LogP contribution in [0.3, 0.4) is 0 Å². The number of benzene rings is 2. The van der Waals surface area contributed by atoms with Crippen LogP contribution in [0.25, 0.3) is 0 Å². The summed E-state index contributed by atoms with van der Waals surface area (Å²) < 4.78 is 39.8. The lowest BCUT2D eigenvalue weighted by Crippen LogP contribution is -2.25. The molecule has 202 valence electrons. The highest BCUT2D eigenvalue weighted by molar-refractivity contribution is 5.87. The van der Waals surface area contributed by atoms with Crippen molar-refractivity contribution in [2.24, 2.45) is 11.8 Å². The quantitative estimate of drug-likeness (QED) is 0.303. The van der Waals surface area contributed by atoms with E-state index in [1.807, 2.05) is 32.0 Å². The summed E-state index contributed by atoms with van der Waals surface area (Å²) in [7, 11) is 8.00. The zero-order valence-corrected chi connectivity index (χ0v) is 23.0. The third kappa shape index (κ3) is 6.13. The predicted octanol–water partition coefficient (Wildman–Crippen LogP) is 5.09. The van der Waals surface area contributed by atoms with Crippen LogP contribution in [0, 0.1) is 18.8 Å². The predicted molar refractivity (Wildman–Crippen MR) is 140 cm³/mol. The molecule has 0 aromatic heterocycles. The van der Waals surface area contributed by atoms with E-state index in [9.17, 15) is 4.79 Å².